The van der Waals surface area contributed by atoms with Crippen LogP contribution in [0.3, 0.4) is 0 Å². The smallest absolute Gasteiger partial charge is 0.146 e. The number of anilines is 1. The highest BCUT2D eigenvalue weighted by Crippen LogP contribution is 2.16. The van der Waals surface area contributed by atoms with Crippen LogP contribution in [0.4, 0.5) is 5.69 Å². The molecule has 3 rings (SSSR count). The predicted molar refractivity (Wildman–Crippen MR) is 73.4 cm³/mol. The number of halogens is 1. The molecular weight excluding hydrogens is 322 g/mol. The Kier molecular flexibility index (Phi) is 5.56. The van der Waals surface area contributed by atoms with Crippen LogP contribution in [0, 0.1) is 10.2 Å². The van der Waals surface area contributed by atoms with Gasteiger partial charge in [-0.15, -0.1) is 15.4 Å². The Labute approximate surface area is 136 Å². The van der Waals surface area contributed by atoms with Crippen molar-refractivity contribution in [3.63, 3.8) is 0 Å². The molecule has 23 heavy (non-hydrogen) atoms. The van der Waals surface area contributed by atoms with Gasteiger partial charge < -0.3 is 0 Å². The van der Waals surface area contributed by atoms with Crippen LogP contribution in [0.15, 0.2) is 66.9 Å². The third-order valence-corrected chi connectivity index (χ3v) is 3.04. The fourth-order valence-corrected chi connectivity index (χ4v) is 2.13. The van der Waals surface area contributed by atoms with Gasteiger partial charge in [-0.25, -0.2) is 24.1 Å². The van der Waals surface area contributed by atoms with Crippen LogP contribution in [0.2, 0.25) is 0 Å². The predicted octanol–water partition coefficient (Wildman–Crippen LogP) is -3.32. The van der Waals surface area contributed by atoms with Crippen molar-refractivity contribution < 1.29 is 33.9 Å². The number of para-hydroxylation sites is 1. The van der Waals surface area contributed by atoms with Crippen molar-refractivity contribution >= 4 is 11.4 Å². The highest BCUT2D eigenvalue weighted by Gasteiger charge is 2.24. The van der Waals surface area contributed by atoms with Crippen LogP contribution < -0.4 is 34.2 Å². The number of quaternary nitrogens is 1. The molecule has 122 valence electrons. The molecule has 0 fully saturated rings. The molecule has 1 atom stereocenters. The first-order valence-electron chi connectivity index (χ1n) is 6.69. The van der Waals surface area contributed by atoms with Crippen molar-refractivity contribution in [1.29, 1.82) is 0 Å². The first-order chi connectivity index (χ1) is 10.8. The zero-order valence-corrected chi connectivity index (χ0v) is 13.1. The van der Waals surface area contributed by atoms with Crippen molar-refractivity contribution in [3.05, 3.63) is 72.4 Å². The zero-order chi connectivity index (χ0) is 16.9. The molecule has 0 spiro atoms. The maximum atomic E-state index is 8.49. The standard InChI is InChI=1S/C15H15N3.ClHO4/c1-17-12-15(13-8-4-2-5-9-13)16-18(17)14-10-6-3-7-11-14;2-1(3,4)5/h2-12,16H,1H3;(H,2,3,4,5). The van der Waals surface area contributed by atoms with E-state index in [1.165, 1.54) is 10.6 Å². The summed E-state index contributed by atoms with van der Waals surface area (Å²) in [6, 6.07) is 20.7. The Balaban J connectivity index is 0.000000338. The molecule has 2 aromatic carbocycles. The summed E-state index contributed by atoms with van der Waals surface area (Å²) in [6.07, 6.45) is 2.17. The number of hydrogen-bond acceptors (Lipinski definition) is 6. The SMILES string of the molecule is C[NH+]1C=C(c2ccccc2)NN1c1ccccc1.[O-][Cl+3]([O-])([O-])[O-]. The molecular formula is C15H16ClN3O4. The van der Waals surface area contributed by atoms with E-state index in [0.29, 0.717) is 0 Å². The summed E-state index contributed by atoms with van der Waals surface area (Å²) in [5.41, 5.74) is 6.92. The summed E-state index contributed by atoms with van der Waals surface area (Å²) in [5, 5.41) is 3.29. The van der Waals surface area contributed by atoms with Gasteiger partial charge in [0.1, 0.15) is 17.6 Å². The molecule has 0 aromatic heterocycles. The van der Waals surface area contributed by atoms with E-state index in [1.807, 2.05) is 24.3 Å². The van der Waals surface area contributed by atoms with E-state index in [0.717, 1.165) is 11.4 Å². The van der Waals surface area contributed by atoms with Crippen LogP contribution >= 0.6 is 0 Å². The van der Waals surface area contributed by atoms with Gasteiger partial charge in [0.15, 0.2) is 0 Å². The van der Waals surface area contributed by atoms with E-state index < -0.39 is 10.2 Å². The summed E-state index contributed by atoms with van der Waals surface area (Å²) in [6.45, 7) is 0. The minimum Gasteiger partial charge on any atom is -0.248 e. The van der Waals surface area contributed by atoms with E-state index in [9.17, 15) is 0 Å². The van der Waals surface area contributed by atoms with Gasteiger partial charge in [0.2, 0.25) is 0 Å². The largest absolute Gasteiger partial charge is 0.248 e. The lowest BCUT2D eigenvalue weighted by Crippen LogP contribution is -3.11. The second kappa shape index (κ2) is 7.42. The summed E-state index contributed by atoms with van der Waals surface area (Å²) < 4.78 is 34.0. The lowest BCUT2D eigenvalue weighted by atomic mass is 10.2. The summed E-state index contributed by atoms with van der Waals surface area (Å²) >= 11 is 0. The molecule has 1 aliphatic rings. The zero-order valence-electron chi connectivity index (χ0n) is 12.3. The molecule has 0 radical (unpaired) electrons. The van der Waals surface area contributed by atoms with E-state index in [4.69, 9.17) is 18.6 Å². The Morgan fingerprint density at radius 2 is 1.35 bits per heavy atom. The van der Waals surface area contributed by atoms with Crippen LogP contribution in [0.5, 0.6) is 0 Å². The number of nitrogens with zero attached hydrogens (tertiary/aromatic N) is 1. The number of hydrazine groups is 1. The molecule has 1 heterocycles. The van der Waals surface area contributed by atoms with Gasteiger partial charge in [-0.1, -0.05) is 48.5 Å². The van der Waals surface area contributed by atoms with Gasteiger partial charge in [0, 0.05) is 5.56 Å². The fraction of sp³-hybridized carbons (Fsp3) is 0.0667. The normalized spacial score (nSPS) is 17.0. The maximum absolute atomic E-state index is 8.49. The second-order valence-corrected chi connectivity index (χ2v) is 5.48. The third kappa shape index (κ3) is 5.53. The monoisotopic (exact) mass is 337 g/mol. The number of rotatable bonds is 2. The van der Waals surface area contributed by atoms with Crippen molar-refractivity contribution in [1.82, 2.24) is 5.43 Å². The summed E-state index contributed by atoms with van der Waals surface area (Å²) in [4.78, 5) is 0. The van der Waals surface area contributed by atoms with Crippen LogP contribution in [0.25, 0.3) is 5.70 Å². The number of benzene rings is 2. The number of nitrogens with one attached hydrogen (secondary N) is 2. The average molecular weight is 338 g/mol. The molecule has 0 saturated heterocycles. The van der Waals surface area contributed by atoms with Gasteiger partial charge in [0.05, 0.1) is 7.05 Å². The first-order valence-corrected chi connectivity index (χ1v) is 7.92. The molecule has 0 aliphatic carbocycles. The third-order valence-electron chi connectivity index (χ3n) is 3.04. The lowest BCUT2D eigenvalue weighted by Gasteiger charge is -2.21. The molecule has 2 aromatic rings. The molecule has 1 unspecified atom stereocenters. The quantitative estimate of drug-likeness (QED) is 0.593. The summed E-state index contributed by atoms with van der Waals surface area (Å²) in [7, 11) is -2.84. The Hall–Kier alpha value is -2.13. The van der Waals surface area contributed by atoms with Crippen LogP contribution in [-0.2, 0) is 0 Å². The van der Waals surface area contributed by atoms with Gasteiger partial charge in [-0.2, -0.15) is 5.01 Å². The highest BCUT2D eigenvalue weighted by atomic mass is 35.7. The Bertz CT molecular complexity index is 641. The topological polar surface area (TPSA) is 112 Å². The summed E-state index contributed by atoms with van der Waals surface area (Å²) in [5.74, 6) is 0. The van der Waals surface area contributed by atoms with Crippen molar-refractivity contribution in [2.24, 2.45) is 0 Å². The average Bonchev–Trinajstić information content (AvgIpc) is 2.89. The molecule has 0 bridgehead atoms. The second-order valence-electron chi connectivity index (χ2n) is 4.73. The van der Waals surface area contributed by atoms with Gasteiger partial charge in [-0.05, 0) is 12.1 Å². The van der Waals surface area contributed by atoms with Crippen molar-refractivity contribution in [2.45, 2.75) is 0 Å². The van der Waals surface area contributed by atoms with Crippen LogP contribution in [0.1, 0.15) is 5.56 Å². The molecule has 0 saturated carbocycles. The molecule has 0 amide bonds. The lowest BCUT2D eigenvalue weighted by molar-refractivity contribution is -2.00. The van der Waals surface area contributed by atoms with Crippen molar-refractivity contribution in [3.8, 4) is 0 Å². The van der Waals surface area contributed by atoms with E-state index in [-0.39, 0.29) is 0 Å². The van der Waals surface area contributed by atoms with Gasteiger partial charge >= 0.3 is 0 Å². The van der Waals surface area contributed by atoms with Gasteiger partial charge in [-0.3, -0.25) is 0 Å². The first kappa shape index (κ1) is 17.2. The minimum atomic E-state index is -4.94. The van der Waals surface area contributed by atoms with E-state index >= 15 is 0 Å². The Morgan fingerprint density at radius 3 is 1.87 bits per heavy atom. The minimum absolute atomic E-state index is 1.14. The molecule has 8 heteroatoms. The number of hydrogen-bond donors (Lipinski definition) is 2. The molecule has 7 nitrogen and oxygen atoms in total. The van der Waals surface area contributed by atoms with Gasteiger partial charge in [0.25, 0.3) is 0 Å². The molecule has 2 N–H and O–H groups in total. The Morgan fingerprint density at radius 1 is 0.870 bits per heavy atom. The fourth-order valence-electron chi connectivity index (χ4n) is 2.13. The molecule has 1 aliphatic heterocycles. The van der Waals surface area contributed by atoms with E-state index in [1.54, 1.807) is 0 Å². The highest BCUT2D eigenvalue weighted by molar-refractivity contribution is 5.66. The van der Waals surface area contributed by atoms with E-state index in [2.05, 4.69) is 60.2 Å². The van der Waals surface area contributed by atoms with Crippen molar-refractivity contribution in [2.75, 3.05) is 12.2 Å². The van der Waals surface area contributed by atoms with Crippen LogP contribution in [-0.4, -0.2) is 7.05 Å². The maximum Gasteiger partial charge on any atom is 0.146 e.